The Hall–Kier alpha value is -1.39. The van der Waals surface area contributed by atoms with Crippen molar-refractivity contribution in [3.63, 3.8) is 0 Å². The number of sulfonamides is 1. The van der Waals surface area contributed by atoms with Crippen molar-refractivity contribution in [1.82, 2.24) is 4.31 Å². The van der Waals surface area contributed by atoms with E-state index >= 15 is 0 Å². The van der Waals surface area contributed by atoms with E-state index in [1.807, 2.05) is 19.1 Å². The molecule has 0 unspecified atom stereocenters. The summed E-state index contributed by atoms with van der Waals surface area (Å²) in [5.74, 6) is 0. The highest BCUT2D eigenvalue weighted by Gasteiger charge is 2.29. The van der Waals surface area contributed by atoms with E-state index in [0.29, 0.717) is 18.0 Å². The Kier molecular flexibility index (Phi) is 5.26. The predicted octanol–water partition coefficient (Wildman–Crippen LogP) is 4.60. The maximum atomic E-state index is 13.1. The van der Waals surface area contributed by atoms with E-state index in [9.17, 15) is 8.42 Å². The first-order valence-corrected chi connectivity index (χ1v) is 10.4. The number of hydrogen-bond donors (Lipinski definition) is 0. The number of rotatable bonds is 2. The van der Waals surface area contributed by atoms with E-state index in [-0.39, 0.29) is 0 Å². The monoisotopic (exact) mass is 345 g/mol. The molecule has 0 N–H and O–H groups in total. The normalized spacial score (nSPS) is 21.0. The van der Waals surface area contributed by atoms with Gasteiger partial charge in [-0.1, -0.05) is 41.8 Å². The van der Waals surface area contributed by atoms with Crippen LogP contribution in [0.25, 0.3) is 0 Å². The molecule has 1 saturated carbocycles. The van der Waals surface area contributed by atoms with Gasteiger partial charge in [-0.05, 0) is 63.2 Å². The van der Waals surface area contributed by atoms with Gasteiger partial charge in [0, 0.05) is 13.1 Å². The van der Waals surface area contributed by atoms with Gasteiger partial charge >= 0.3 is 0 Å². The molecule has 4 heteroatoms. The van der Waals surface area contributed by atoms with Gasteiger partial charge in [0.05, 0.1) is 4.90 Å². The third kappa shape index (κ3) is 3.65. The molecule has 0 amide bonds. The molecule has 3 nitrogen and oxygen atoms in total. The lowest BCUT2D eigenvalue weighted by Gasteiger charge is -2.24. The summed E-state index contributed by atoms with van der Waals surface area (Å²) in [6.07, 6.45) is 7.68. The first-order valence-electron chi connectivity index (χ1n) is 8.94. The molecule has 0 aromatic heterocycles. The van der Waals surface area contributed by atoms with E-state index in [1.54, 1.807) is 16.4 Å². The summed E-state index contributed by atoms with van der Waals surface area (Å²) in [5.41, 5.74) is 4.87. The van der Waals surface area contributed by atoms with Crippen molar-refractivity contribution in [2.45, 2.75) is 56.8 Å². The van der Waals surface area contributed by atoms with Crippen LogP contribution in [0.5, 0.6) is 0 Å². The minimum absolute atomic E-state index is 0.397. The van der Waals surface area contributed by atoms with E-state index in [1.165, 1.54) is 30.4 Å². The van der Waals surface area contributed by atoms with Gasteiger partial charge in [-0.3, -0.25) is 0 Å². The topological polar surface area (TPSA) is 37.4 Å². The van der Waals surface area contributed by atoms with E-state index in [2.05, 4.69) is 6.58 Å². The zero-order chi connectivity index (χ0) is 17.2. The second-order valence-corrected chi connectivity index (χ2v) is 8.94. The van der Waals surface area contributed by atoms with Gasteiger partial charge in [-0.25, -0.2) is 8.42 Å². The van der Waals surface area contributed by atoms with Crippen LogP contribution >= 0.6 is 0 Å². The smallest absolute Gasteiger partial charge is 0.207 e. The number of nitrogens with zero attached hydrogens (tertiary/aromatic N) is 1. The predicted molar refractivity (Wildman–Crippen MR) is 98.4 cm³/mol. The Balaban J connectivity index is 1.92. The van der Waals surface area contributed by atoms with Crippen LogP contribution in [0.15, 0.2) is 52.5 Å². The van der Waals surface area contributed by atoms with Crippen molar-refractivity contribution in [2.75, 3.05) is 13.1 Å². The molecule has 0 bridgehead atoms. The molecule has 130 valence electrons. The van der Waals surface area contributed by atoms with Crippen molar-refractivity contribution in [2.24, 2.45) is 0 Å². The highest BCUT2D eigenvalue weighted by Crippen LogP contribution is 2.33. The van der Waals surface area contributed by atoms with Crippen molar-refractivity contribution in [1.29, 1.82) is 0 Å². The summed E-state index contributed by atoms with van der Waals surface area (Å²) in [4.78, 5) is 0.397. The maximum Gasteiger partial charge on any atom is 0.243 e. The van der Waals surface area contributed by atoms with Crippen LogP contribution in [0.2, 0.25) is 0 Å². The molecule has 1 aliphatic carbocycles. The number of aryl methyl sites for hydroxylation is 1. The highest BCUT2D eigenvalue weighted by atomic mass is 32.2. The zero-order valence-corrected chi connectivity index (χ0v) is 15.4. The van der Waals surface area contributed by atoms with Crippen molar-refractivity contribution in [3.8, 4) is 0 Å². The lowest BCUT2D eigenvalue weighted by molar-refractivity contribution is 0.439. The summed E-state index contributed by atoms with van der Waals surface area (Å²) in [6.45, 7) is 7.29. The minimum Gasteiger partial charge on any atom is -0.207 e. The van der Waals surface area contributed by atoms with Gasteiger partial charge in [0.15, 0.2) is 0 Å². The molecule has 2 fully saturated rings. The van der Waals surface area contributed by atoms with Crippen LogP contribution in [-0.4, -0.2) is 25.8 Å². The van der Waals surface area contributed by atoms with Crippen molar-refractivity contribution in [3.05, 3.63) is 53.1 Å². The molecule has 3 rings (SSSR count). The summed E-state index contributed by atoms with van der Waals surface area (Å²) in [7, 11) is -3.44. The summed E-state index contributed by atoms with van der Waals surface area (Å²) >= 11 is 0. The maximum absolute atomic E-state index is 13.1. The highest BCUT2D eigenvalue weighted by molar-refractivity contribution is 7.89. The number of benzene rings is 1. The van der Waals surface area contributed by atoms with Crippen molar-refractivity contribution >= 4 is 10.0 Å². The third-order valence-corrected chi connectivity index (χ3v) is 7.05. The second kappa shape index (κ2) is 7.24. The third-order valence-electron chi connectivity index (χ3n) is 5.19. The molecule has 24 heavy (non-hydrogen) atoms. The van der Waals surface area contributed by atoms with Crippen LogP contribution < -0.4 is 0 Å². The van der Waals surface area contributed by atoms with Gasteiger partial charge in [-0.2, -0.15) is 4.31 Å². The molecule has 2 aliphatic rings. The van der Waals surface area contributed by atoms with Gasteiger partial charge < -0.3 is 0 Å². The van der Waals surface area contributed by atoms with Crippen LogP contribution in [0, 0.1) is 6.92 Å². The molecular weight excluding hydrogens is 318 g/mol. The van der Waals surface area contributed by atoms with Crippen molar-refractivity contribution < 1.29 is 8.42 Å². The molecule has 1 saturated heterocycles. The molecule has 1 aromatic rings. The first kappa shape index (κ1) is 17.4. The first-order chi connectivity index (χ1) is 11.5. The minimum atomic E-state index is -3.44. The Bertz CT molecular complexity index is 736. The SMILES string of the molecule is C=C1CCCN(S(=O)(=O)c2ccc(C)cc2)CC1=C1CCCCC1. The molecule has 1 heterocycles. The Morgan fingerprint density at radius 3 is 2.29 bits per heavy atom. The fourth-order valence-corrected chi connectivity index (χ4v) is 5.14. The second-order valence-electron chi connectivity index (χ2n) is 7.00. The average Bonchev–Trinajstić information content (AvgIpc) is 2.78. The van der Waals surface area contributed by atoms with Gasteiger partial charge in [-0.15, -0.1) is 0 Å². The van der Waals surface area contributed by atoms with Gasteiger partial charge in [0.2, 0.25) is 10.0 Å². The number of hydrogen-bond acceptors (Lipinski definition) is 2. The summed E-state index contributed by atoms with van der Waals surface area (Å²) < 4.78 is 27.8. The summed E-state index contributed by atoms with van der Waals surface area (Å²) in [5, 5.41) is 0. The number of allylic oxidation sites excluding steroid dienone is 1. The molecule has 1 aromatic carbocycles. The molecule has 0 radical (unpaired) electrons. The Morgan fingerprint density at radius 2 is 1.62 bits per heavy atom. The molecule has 0 atom stereocenters. The van der Waals surface area contributed by atoms with E-state index in [4.69, 9.17) is 0 Å². The standard InChI is InChI=1S/C20H27NO2S/c1-16-10-12-19(13-11-16)24(22,23)21-14-6-7-17(2)20(15-21)18-8-4-3-5-9-18/h10-13H,2-9,14-15H2,1H3. The Morgan fingerprint density at radius 1 is 0.958 bits per heavy atom. The molecule has 1 aliphatic heterocycles. The van der Waals surface area contributed by atoms with Crippen LogP contribution in [0.1, 0.15) is 50.5 Å². The lowest BCUT2D eigenvalue weighted by atomic mass is 9.88. The quantitative estimate of drug-likeness (QED) is 0.786. The molecule has 0 spiro atoms. The largest absolute Gasteiger partial charge is 0.243 e. The van der Waals surface area contributed by atoms with E-state index in [0.717, 1.165) is 36.8 Å². The van der Waals surface area contributed by atoms with Gasteiger partial charge in [0.1, 0.15) is 0 Å². The van der Waals surface area contributed by atoms with Crippen LogP contribution in [0.4, 0.5) is 0 Å². The van der Waals surface area contributed by atoms with Crippen LogP contribution in [0.3, 0.4) is 0 Å². The zero-order valence-electron chi connectivity index (χ0n) is 14.6. The molecular formula is C20H27NO2S. The van der Waals surface area contributed by atoms with Gasteiger partial charge in [0.25, 0.3) is 0 Å². The van der Waals surface area contributed by atoms with E-state index < -0.39 is 10.0 Å². The Labute approximate surface area is 146 Å². The fourth-order valence-electron chi connectivity index (χ4n) is 3.69. The summed E-state index contributed by atoms with van der Waals surface area (Å²) in [6, 6.07) is 7.17. The average molecular weight is 346 g/mol. The lowest BCUT2D eigenvalue weighted by Crippen LogP contribution is -2.33. The van der Waals surface area contributed by atoms with Crippen LogP contribution in [-0.2, 0) is 10.0 Å². The fraction of sp³-hybridized carbons (Fsp3) is 0.500.